The van der Waals surface area contributed by atoms with Gasteiger partial charge in [-0.25, -0.2) is 0 Å². The fourth-order valence-corrected chi connectivity index (χ4v) is 1.57. The molecular formula is C12H15N5O. The average Bonchev–Trinajstić information content (AvgIpc) is 2.75. The zero-order valence-corrected chi connectivity index (χ0v) is 10.1. The minimum atomic E-state index is -0.133. The van der Waals surface area contributed by atoms with Crippen LogP contribution < -0.4 is 11.1 Å². The van der Waals surface area contributed by atoms with Crippen LogP contribution in [-0.4, -0.2) is 27.2 Å². The van der Waals surface area contributed by atoms with E-state index in [0.29, 0.717) is 24.3 Å². The fourth-order valence-electron chi connectivity index (χ4n) is 1.57. The number of pyridine rings is 1. The number of aryl methyl sites for hydroxylation is 1. The largest absolute Gasteiger partial charge is 0.396 e. The summed E-state index contributed by atoms with van der Waals surface area (Å²) in [6, 6.07) is 1.80. The van der Waals surface area contributed by atoms with Crippen LogP contribution in [0.4, 0.5) is 5.69 Å². The molecule has 0 aliphatic rings. The van der Waals surface area contributed by atoms with Crippen LogP contribution in [0.5, 0.6) is 0 Å². The second-order valence-corrected chi connectivity index (χ2v) is 4.04. The maximum atomic E-state index is 11.8. The van der Waals surface area contributed by atoms with Crippen molar-refractivity contribution in [1.82, 2.24) is 20.1 Å². The molecule has 18 heavy (non-hydrogen) atoms. The van der Waals surface area contributed by atoms with E-state index in [0.717, 1.165) is 5.56 Å². The summed E-state index contributed by atoms with van der Waals surface area (Å²) in [5.74, 6) is -0.133. The van der Waals surface area contributed by atoms with Crippen molar-refractivity contribution in [1.29, 1.82) is 0 Å². The number of hydrogen-bond donors (Lipinski definition) is 2. The van der Waals surface area contributed by atoms with Crippen LogP contribution in [0.1, 0.15) is 15.9 Å². The summed E-state index contributed by atoms with van der Waals surface area (Å²) in [5, 5.41) is 6.83. The van der Waals surface area contributed by atoms with Gasteiger partial charge in [0, 0.05) is 25.1 Å². The first-order valence-corrected chi connectivity index (χ1v) is 5.63. The molecule has 1 amide bonds. The van der Waals surface area contributed by atoms with E-state index in [1.807, 2.05) is 6.92 Å². The number of rotatable bonds is 4. The molecule has 2 heterocycles. The third kappa shape index (κ3) is 3.07. The van der Waals surface area contributed by atoms with Crippen LogP contribution in [0.15, 0.2) is 30.9 Å². The summed E-state index contributed by atoms with van der Waals surface area (Å²) in [6.45, 7) is 2.98. The van der Waals surface area contributed by atoms with Gasteiger partial charge in [0.2, 0.25) is 0 Å². The van der Waals surface area contributed by atoms with Gasteiger partial charge in [0.25, 0.3) is 5.91 Å². The molecule has 2 aromatic rings. The zero-order valence-electron chi connectivity index (χ0n) is 10.1. The predicted octanol–water partition coefficient (Wildman–Crippen LogP) is 0.599. The Balaban J connectivity index is 1.85. The lowest BCUT2D eigenvalue weighted by Crippen LogP contribution is -2.27. The number of hydrogen-bond acceptors (Lipinski definition) is 4. The van der Waals surface area contributed by atoms with Gasteiger partial charge >= 0.3 is 0 Å². The van der Waals surface area contributed by atoms with E-state index in [1.54, 1.807) is 35.5 Å². The average molecular weight is 245 g/mol. The molecule has 2 rings (SSSR count). The summed E-state index contributed by atoms with van der Waals surface area (Å²) in [6.07, 6.45) is 6.56. The molecule has 0 bridgehead atoms. The predicted molar refractivity (Wildman–Crippen MR) is 67.9 cm³/mol. The number of nitrogens with two attached hydrogens (primary N) is 1. The Hall–Kier alpha value is -2.37. The van der Waals surface area contributed by atoms with Crippen molar-refractivity contribution in [2.24, 2.45) is 0 Å². The number of carbonyl (C=O) groups is 1. The van der Waals surface area contributed by atoms with Crippen molar-refractivity contribution in [3.05, 3.63) is 42.0 Å². The van der Waals surface area contributed by atoms with Gasteiger partial charge in [0.1, 0.15) is 0 Å². The summed E-state index contributed by atoms with van der Waals surface area (Å²) in [5.41, 5.74) is 7.68. The van der Waals surface area contributed by atoms with Gasteiger partial charge in [-0.15, -0.1) is 0 Å². The molecule has 6 heteroatoms. The molecule has 94 valence electrons. The normalized spacial score (nSPS) is 10.3. The first-order valence-electron chi connectivity index (χ1n) is 5.63. The molecule has 0 saturated heterocycles. The van der Waals surface area contributed by atoms with E-state index in [-0.39, 0.29) is 5.91 Å². The van der Waals surface area contributed by atoms with E-state index in [4.69, 9.17) is 5.73 Å². The number of nitrogens with zero attached hydrogens (tertiary/aromatic N) is 3. The molecule has 0 radical (unpaired) electrons. The summed E-state index contributed by atoms with van der Waals surface area (Å²) in [7, 11) is 0. The lowest BCUT2D eigenvalue weighted by Gasteiger charge is -2.05. The Morgan fingerprint density at radius 3 is 2.94 bits per heavy atom. The van der Waals surface area contributed by atoms with Gasteiger partial charge in [-0.05, 0) is 18.6 Å². The molecule has 3 N–H and O–H groups in total. The highest BCUT2D eigenvalue weighted by Crippen LogP contribution is 2.01. The number of nitrogens with one attached hydrogen (secondary N) is 1. The van der Waals surface area contributed by atoms with Crippen LogP contribution >= 0.6 is 0 Å². The molecule has 0 aromatic carbocycles. The number of anilines is 1. The lowest BCUT2D eigenvalue weighted by molar-refractivity contribution is 0.0951. The molecule has 0 unspecified atom stereocenters. The molecule has 0 atom stereocenters. The van der Waals surface area contributed by atoms with E-state index < -0.39 is 0 Å². The van der Waals surface area contributed by atoms with Crippen molar-refractivity contribution < 1.29 is 4.79 Å². The van der Waals surface area contributed by atoms with Gasteiger partial charge in [-0.3, -0.25) is 14.5 Å². The molecule has 0 spiro atoms. The first kappa shape index (κ1) is 12.1. The molecule has 2 aromatic heterocycles. The van der Waals surface area contributed by atoms with Crippen LogP contribution in [0.2, 0.25) is 0 Å². The number of carbonyl (C=O) groups excluding carboxylic acids is 1. The Morgan fingerprint density at radius 2 is 2.28 bits per heavy atom. The lowest BCUT2D eigenvalue weighted by atomic mass is 10.2. The third-order valence-electron chi connectivity index (χ3n) is 2.42. The minimum Gasteiger partial charge on any atom is -0.396 e. The third-order valence-corrected chi connectivity index (χ3v) is 2.42. The number of nitrogen functional groups attached to an aromatic ring is 1. The molecule has 0 fully saturated rings. The quantitative estimate of drug-likeness (QED) is 0.825. The monoisotopic (exact) mass is 245 g/mol. The van der Waals surface area contributed by atoms with Gasteiger partial charge in [0.15, 0.2) is 0 Å². The van der Waals surface area contributed by atoms with E-state index in [9.17, 15) is 4.79 Å². The van der Waals surface area contributed by atoms with Crippen molar-refractivity contribution in [3.63, 3.8) is 0 Å². The van der Waals surface area contributed by atoms with Crippen molar-refractivity contribution >= 4 is 11.6 Å². The Morgan fingerprint density at radius 1 is 1.44 bits per heavy atom. The topological polar surface area (TPSA) is 85.8 Å². The zero-order chi connectivity index (χ0) is 13.0. The highest BCUT2D eigenvalue weighted by molar-refractivity contribution is 5.93. The maximum Gasteiger partial charge on any atom is 0.252 e. The molecule has 0 aliphatic carbocycles. The Labute approximate surface area is 105 Å². The second kappa shape index (κ2) is 5.31. The number of amides is 1. The maximum absolute atomic E-state index is 11.8. The summed E-state index contributed by atoms with van der Waals surface area (Å²) in [4.78, 5) is 15.8. The highest BCUT2D eigenvalue weighted by Gasteiger charge is 2.05. The first-order chi connectivity index (χ1) is 8.65. The van der Waals surface area contributed by atoms with Crippen molar-refractivity contribution in [3.8, 4) is 0 Å². The standard InChI is InChI=1S/C12H15N5O/c1-9-4-10(6-14-5-9)12(18)15-2-3-17-8-11(13)7-16-17/h4-8H,2-3,13H2,1H3,(H,15,18). The van der Waals surface area contributed by atoms with Crippen LogP contribution in [0.3, 0.4) is 0 Å². The van der Waals surface area contributed by atoms with Crippen LogP contribution in [-0.2, 0) is 6.54 Å². The molecule has 0 saturated carbocycles. The Bertz CT molecular complexity index is 549. The van der Waals surface area contributed by atoms with Gasteiger partial charge < -0.3 is 11.1 Å². The number of aromatic nitrogens is 3. The molecule has 0 aliphatic heterocycles. The van der Waals surface area contributed by atoms with Crippen molar-refractivity contribution in [2.75, 3.05) is 12.3 Å². The minimum absolute atomic E-state index is 0.133. The summed E-state index contributed by atoms with van der Waals surface area (Å²) >= 11 is 0. The fraction of sp³-hybridized carbons (Fsp3) is 0.250. The van der Waals surface area contributed by atoms with Gasteiger partial charge in [-0.1, -0.05) is 0 Å². The second-order valence-electron chi connectivity index (χ2n) is 4.04. The van der Waals surface area contributed by atoms with E-state index in [1.165, 1.54) is 0 Å². The van der Waals surface area contributed by atoms with Gasteiger partial charge in [-0.2, -0.15) is 5.10 Å². The van der Waals surface area contributed by atoms with E-state index >= 15 is 0 Å². The Kier molecular flexibility index (Phi) is 3.57. The summed E-state index contributed by atoms with van der Waals surface area (Å²) < 4.78 is 1.68. The SMILES string of the molecule is Cc1cncc(C(=O)NCCn2cc(N)cn2)c1. The van der Waals surface area contributed by atoms with Crippen LogP contribution in [0, 0.1) is 6.92 Å². The van der Waals surface area contributed by atoms with E-state index in [2.05, 4.69) is 15.4 Å². The molecular weight excluding hydrogens is 230 g/mol. The molecule has 6 nitrogen and oxygen atoms in total. The smallest absolute Gasteiger partial charge is 0.252 e. The highest BCUT2D eigenvalue weighted by atomic mass is 16.1. The van der Waals surface area contributed by atoms with Crippen LogP contribution in [0.25, 0.3) is 0 Å². The van der Waals surface area contributed by atoms with Gasteiger partial charge in [0.05, 0.1) is 24.0 Å². The van der Waals surface area contributed by atoms with Crippen molar-refractivity contribution in [2.45, 2.75) is 13.5 Å².